The molecule has 290 valence electrons. The van der Waals surface area contributed by atoms with Crippen molar-refractivity contribution in [1.29, 1.82) is 0 Å². The van der Waals surface area contributed by atoms with Crippen LogP contribution in [0.25, 0.3) is 11.0 Å². The number of aryl methyl sites for hydroxylation is 1. The summed E-state index contributed by atoms with van der Waals surface area (Å²) in [6.07, 6.45) is 8.88. The van der Waals surface area contributed by atoms with Crippen LogP contribution in [0.1, 0.15) is 50.4 Å². The maximum absolute atomic E-state index is 14.4. The van der Waals surface area contributed by atoms with Gasteiger partial charge in [-0.15, -0.1) is 6.42 Å². The first-order valence-electron chi connectivity index (χ1n) is 18.3. The highest BCUT2D eigenvalue weighted by Crippen LogP contribution is 2.48. The monoisotopic (exact) mass is 784 g/mol. The molecule has 3 aromatic rings. The predicted octanol–water partition coefficient (Wildman–Crippen LogP) is 3.33. The lowest BCUT2D eigenvalue weighted by Crippen LogP contribution is -2.50. The van der Waals surface area contributed by atoms with Gasteiger partial charge in [-0.3, -0.25) is 23.9 Å². The fourth-order valence-electron chi connectivity index (χ4n) is 7.50. The third kappa shape index (κ3) is 8.64. The van der Waals surface area contributed by atoms with Gasteiger partial charge in [-0.05, 0) is 62.4 Å². The molecule has 0 aliphatic carbocycles. The number of fused-ring (bicyclic) bond motifs is 3. The van der Waals surface area contributed by atoms with Crippen LogP contribution in [0.15, 0.2) is 36.7 Å². The molecule has 5 heterocycles. The molecule has 0 radical (unpaired) electrons. The van der Waals surface area contributed by atoms with Crippen LogP contribution in [-0.4, -0.2) is 126 Å². The van der Waals surface area contributed by atoms with E-state index in [-0.39, 0.29) is 50.2 Å². The number of amides is 3. The average molecular weight is 785 g/mol. The Balaban J connectivity index is 1.03. The van der Waals surface area contributed by atoms with Crippen LogP contribution >= 0.6 is 11.6 Å². The van der Waals surface area contributed by atoms with Gasteiger partial charge < -0.3 is 24.0 Å². The number of hydrogen-bond acceptors (Lipinski definition) is 9. The number of ether oxygens (including phenoxy) is 1. The molecule has 1 aromatic carbocycles. The maximum Gasteiger partial charge on any atom is 0.410 e. The van der Waals surface area contributed by atoms with Crippen LogP contribution in [0, 0.1) is 12.3 Å². The van der Waals surface area contributed by atoms with E-state index < -0.39 is 34.3 Å². The van der Waals surface area contributed by atoms with Crippen molar-refractivity contribution in [2.45, 2.75) is 63.6 Å². The SMILES string of the molecule is C#CCN1CCN(C(=O)CCS(=O)(=O)NC[C@@H](C)OC(=O)N2CCC3(CC2)C(=O)N(Cc2nc4cc(Cl)ccc4n2CCCCF)c2cnccc23)CC1. The fraction of sp³-hybridized carbons (Fsp3) is 0.541. The Morgan fingerprint density at radius 3 is 2.59 bits per heavy atom. The molecule has 1 atom stereocenters. The number of rotatable bonds is 14. The number of carbonyl (C=O) groups is 3. The van der Waals surface area contributed by atoms with E-state index in [1.165, 1.54) is 4.90 Å². The number of pyridine rings is 1. The van der Waals surface area contributed by atoms with Crippen LogP contribution in [0.4, 0.5) is 14.9 Å². The first kappa shape index (κ1) is 39.4. The van der Waals surface area contributed by atoms with Crippen molar-refractivity contribution >= 4 is 56.3 Å². The Morgan fingerprint density at radius 2 is 1.87 bits per heavy atom. The van der Waals surface area contributed by atoms with Crippen LogP contribution in [0.5, 0.6) is 0 Å². The number of piperazine rings is 1. The van der Waals surface area contributed by atoms with Gasteiger partial charge in [0.2, 0.25) is 21.8 Å². The smallest absolute Gasteiger partial charge is 0.410 e. The molecular weight excluding hydrogens is 739 g/mol. The largest absolute Gasteiger partial charge is 0.445 e. The Hall–Kier alpha value is -4.30. The first-order valence-corrected chi connectivity index (χ1v) is 20.3. The van der Waals surface area contributed by atoms with Crippen molar-refractivity contribution in [2.24, 2.45) is 0 Å². The van der Waals surface area contributed by atoms with Crippen LogP contribution in [0.2, 0.25) is 5.02 Å². The van der Waals surface area contributed by atoms with Gasteiger partial charge in [0, 0.05) is 70.0 Å². The number of unbranched alkanes of at least 4 members (excludes halogenated alkanes) is 1. The van der Waals surface area contributed by atoms with Crippen molar-refractivity contribution < 1.29 is 31.9 Å². The summed E-state index contributed by atoms with van der Waals surface area (Å²) in [5.41, 5.74) is 2.19. The standard InChI is InChI=1S/C37H46ClFN8O6S/c1-3-14-43-18-20-44(21-19-43)34(48)9-22-54(51,52)41-24-27(2)53-36(50)45-16-10-37(11-17-45)29-8-13-40-25-32(29)47(35(37)49)26-33-42-30-23-28(38)6-7-31(30)46(33)15-5-4-12-39/h1,6-8,13,23,25,27,41H,4-5,9-12,14-22,24,26H2,2H3/t27-/m1/s1. The van der Waals surface area contributed by atoms with E-state index in [1.807, 2.05) is 16.7 Å². The second kappa shape index (κ2) is 17.0. The molecule has 0 bridgehead atoms. The average Bonchev–Trinajstić information content (AvgIpc) is 3.61. The zero-order valence-electron chi connectivity index (χ0n) is 30.4. The summed E-state index contributed by atoms with van der Waals surface area (Å²) in [6, 6.07) is 7.29. The Morgan fingerprint density at radius 1 is 1.11 bits per heavy atom. The molecule has 14 nitrogen and oxygen atoms in total. The molecular formula is C37H46ClFN8O6S. The Bertz CT molecular complexity index is 2010. The number of piperidine rings is 1. The third-order valence-corrected chi connectivity index (χ3v) is 12.1. The van der Waals surface area contributed by atoms with Gasteiger partial charge in [0.25, 0.3) is 0 Å². The lowest BCUT2D eigenvalue weighted by Gasteiger charge is -2.38. The number of hydrogen-bond donors (Lipinski definition) is 1. The third-order valence-electron chi connectivity index (χ3n) is 10.5. The minimum Gasteiger partial charge on any atom is -0.445 e. The van der Waals surface area contributed by atoms with E-state index in [9.17, 15) is 27.2 Å². The van der Waals surface area contributed by atoms with E-state index in [2.05, 4.69) is 20.5 Å². The number of likely N-dealkylation sites (tertiary alicyclic amines) is 1. The first-order chi connectivity index (χ1) is 25.9. The lowest BCUT2D eigenvalue weighted by atomic mass is 9.74. The Labute approximate surface area is 320 Å². The number of benzene rings is 1. The summed E-state index contributed by atoms with van der Waals surface area (Å²) in [4.78, 5) is 56.3. The van der Waals surface area contributed by atoms with E-state index >= 15 is 0 Å². The van der Waals surface area contributed by atoms with Crippen molar-refractivity contribution in [3.63, 3.8) is 0 Å². The van der Waals surface area contributed by atoms with Gasteiger partial charge in [-0.25, -0.2) is 22.9 Å². The highest BCUT2D eigenvalue weighted by molar-refractivity contribution is 7.89. The number of terminal acetylenes is 1. The number of aromatic nitrogens is 3. The molecule has 3 aliphatic rings. The molecule has 2 fully saturated rings. The van der Waals surface area contributed by atoms with Gasteiger partial charge in [0.05, 0.1) is 53.8 Å². The van der Waals surface area contributed by atoms with Crippen molar-refractivity contribution in [1.82, 2.24) is 34.0 Å². The predicted molar refractivity (Wildman–Crippen MR) is 202 cm³/mol. The second-order valence-electron chi connectivity index (χ2n) is 14.0. The van der Waals surface area contributed by atoms with E-state index in [0.29, 0.717) is 87.0 Å². The molecule has 1 spiro atoms. The number of alkyl halides is 1. The highest BCUT2D eigenvalue weighted by atomic mass is 35.5. The van der Waals surface area contributed by atoms with E-state index in [1.54, 1.807) is 41.2 Å². The van der Waals surface area contributed by atoms with E-state index in [0.717, 1.165) is 11.1 Å². The van der Waals surface area contributed by atoms with Gasteiger partial charge in [-0.1, -0.05) is 17.5 Å². The molecule has 6 rings (SSSR count). The summed E-state index contributed by atoms with van der Waals surface area (Å²) < 4.78 is 48.4. The Kier molecular flexibility index (Phi) is 12.4. The van der Waals surface area contributed by atoms with Crippen molar-refractivity contribution in [3.05, 3.63) is 53.1 Å². The number of imidazole rings is 1. The number of carbonyl (C=O) groups excluding carboxylic acids is 3. The van der Waals surface area contributed by atoms with Crippen molar-refractivity contribution in [3.8, 4) is 12.3 Å². The summed E-state index contributed by atoms with van der Waals surface area (Å²) in [5, 5.41) is 0.542. The van der Waals surface area contributed by atoms with Gasteiger partial charge in [0.15, 0.2) is 0 Å². The van der Waals surface area contributed by atoms with Crippen LogP contribution in [0.3, 0.4) is 0 Å². The zero-order chi connectivity index (χ0) is 38.5. The van der Waals surface area contributed by atoms with Gasteiger partial charge in [-0.2, -0.15) is 0 Å². The van der Waals surface area contributed by atoms with Crippen molar-refractivity contribution in [2.75, 3.05) is 69.7 Å². The summed E-state index contributed by atoms with van der Waals surface area (Å²) in [6.45, 7) is 5.04. The fourth-order valence-corrected chi connectivity index (χ4v) is 8.74. The number of halogens is 2. The lowest BCUT2D eigenvalue weighted by molar-refractivity contribution is -0.132. The second-order valence-corrected chi connectivity index (χ2v) is 16.4. The molecule has 2 saturated heterocycles. The minimum absolute atomic E-state index is 0.105. The molecule has 54 heavy (non-hydrogen) atoms. The number of sulfonamides is 1. The molecule has 0 saturated carbocycles. The molecule has 2 aromatic heterocycles. The van der Waals surface area contributed by atoms with Crippen LogP contribution < -0.4 is 9.62 Å². The molecule has 3 aliphatic heterocycles. The topological polar surface area (TPSA) is 150 Å². The zero-order valence-corrected chi connectivity index (χ0v) is 32.0. The molecule has 0 unspecified atom stereocenters. The number of nitrogens with one attached hydrogen (secondary N) is 1. The molecule has 3 amide bonds. The summed E-state index contributed by atoms with van der Waals surface area (Å²) in [5.74, 6) is 2.52. The normalized spacial score (nSPS) is 17.9. The molecule has 1 N–H and O–H groups in total. The number of anilines is 1. The number of nitrogens with zero attached hydrogens (tertiary/aromatic N) is 7. The maximum atomic E-state index is 14.4. The van der Waals surface area contributed by atoms with Crippen LogP contribution in [-0.2, 0) is 42.9 Å². The minimum atomic E-state index is -3.80. The van der Waals surface area contributed by atoms with Gasteiger partial charge >= 0.3 is 6.09 Å². The quantitative estimate of drug-likeness (QED) is 0.192. The summed E-state index contributed by atoms with van der Waals surface area (Å²) >= 11 is 6.26. The van der Waals surface area contributed by atoms with E-state index in [4.69, 9.17) is 27.7 Å². The summed E-state index contributed by atoms with van der Waals surface area (Å²) in [7, 11) is -3.80. The van der Waals surface area contributed by atoms with Gasteiger partial charge in [0.1, 0.15) is 11.9 Å². The highest BCUT2D eigenvalue weighted by Gasteiger charge is 2.53. The molecule has 17 heteroatoms.